The topological polar surface area (TPSA) is 88.2 Å². The SMILES string of the molecule is CC1=CC(C)(C)N(C(C)C)c2ccc(/C=C3\C(=O)NC(=O)N(c4ccc5c(c4)OCO5)C3=O)cc21. The molecule has 0 atom stereocenters. The number of imide groups is 2. The quantitative estimate of drug-likeness (QED) is 0.522. The van der Waals surface area contributed by atoms with Gasteiger partial charge in [0.2, 0.25) is 6.79 Å². The van der Waals surface area contributed by atoms with E-state index >= 15 is 0 Å². The van der Waals surface area contributed by atoms with Crippen LogP contribution in [0.2, 0.25) is 0 Å². The van der Waals surface area contributed by atoms with Gasteiger partial charge in [0.05, 0.1) is 11.2 Å². The zero-order chi connectivity index (χ0) is 25.1. The van der Waals surface area contributed by atoms with E-state index < -0.39 is 17.8 Å². The van der Waals surface area contributed by atoms with Crippen LogP contribution in [0.1, 0.15) is 45.7 Å². The van der Waals surface area contributed by atoms with E-state index in [-0.39, 0.29) is 29.6 Å². The van der Waals surface area contributed by atoms with Crippen molar-refractivity contribution in [3.8, 4) is 11.5 Å². The van der Waals surface area contributed by atoms with Crippen LogP contribution in [0.25, 0.3) is 11.6 Å². The summed E-state index contributed by atoms with van der Waals surface area (Å²) in [5.74, 6) is -0.471. The van der Waals surface area contributed by atoms with Crippen LogP contribution in [-0.4, -0.2) is 36.2 Å². The van der Waals surface area contributed by atoms with Crippen molar-refractivity contribution in [3.63, 3.8) is 0 Å². The smallest absolute Gasteiger partial charge is 0.335 e. The first-order valence-corrected chi connectivity index (χ1v) is 11.5. The summed E-state index contributed by atoms with van der Waals surface area (Å²) in [7, 11) is 0. The lowest BCUT2D eigenvalue weighted by Crippen LogP contribution is -2.54. The molecule has 5 rings (SSSR count). The monoisotopic (exact) mass is 473 g/mol. The lowest BCUT2D eigenvalue weighted by atomic mass is 9.86. The third kappa shape index (κ3) is 3.75. The lowest BCUT2D eigenvalue weighted by Gasteiger charge is -2.46. The van der Waals surface area contributed by atoms with Gasteiger partial charge in [-0.05, 0) is 76.1 Å². The van der Waals surface area contributed by atoms with E-state index in [1.54, 1.807) is 18.2 Å². The van der Waals surface area contributed by atoms with Crippen molar-refractivity contribution in [2.45, 2.75) is 46.2 Å². The Bertz CT molecular complexity index is 1340. The van der Waals surface area contributed by atoms with Gasteiger partial charge in [-0.15, -0.1) is 0 Å². The van der Waals surface area contributed by atoms with Crippen LogP contribution in [-0.2, 0) is 9.59 Å². The Morgan fingerprint density at radius 1 is 1.03 bits per heavy atom. The standard InChI is InChI=1S/C27H27N3O5/c1-15(2)30-21-8-6-17(10-19(21)16(3)13-27(30,4)5)11-20-24(31)28-26(33)29(25(20)32)18-7-9-22-23(12-18)35-14-34-22/h6-13,15H,14H2,1-5H3,(H,28,31,33)/b20-11+. The van der Waals surface area contributed by atoms with Crippen molar-refractivity contribution in [1.82, 2.24) is 5.32 Å². The third-order valence-electron chi connectivity index (χ3n) is 6.44. The number of allylic oxidation sites excluding steroid dienone is 1. The van der Waals surface area contributed by atoms with Gasteiger partial charge in [0.15, 0.2) is 11.5 Å². The maximum atomic E-state index is 13.3. The van der Waals surface area contributed by atoms with Crippen molar-refractivity contribution < 1.29 is 23.9 Å². The normalized spacial score (nSPS) is 19.8. The van der Waals surface area contributed by atoms with Gasteiger partial charge in [-0.3, -0.25) is 14.9 Å². The molecule has 0 aromatic heterocycles. The Morgan fingerprint density at radius 2 is 1.77 bits per heavy atom. The maximum Gasteiger partial charge on any atom is 0.335 e. The molecule has 8 heteroatoms. The highest BCUT2D eigenvalue weighted by molar-refractivity contribution is 6.39. The number of fused-ring (bicyclic) bond motifs is 2. The van der Waals surface area contributed by atoms with Gasteiger partial charge in [0, 0.05) is 23.4 Å². The number of hydrogen-bond acceptors (Lipinski definition) is 6. The molecule has 0 aliphatic carbocycles. The van der Waals surface area contributed by atoms with Gasteiger partial charge in [-0.2, -0.15) is 0 Å². The van der Waals surface area contributed by atoms with Crippen molar-refractivity contribution in [3.05, 3.63) is 59.2 Å². The molecule has 180 valence electrons. The number of carbonyl (C=O) groups is 3. The van der Waals surface area contributed by atoms with E-state index in [1.807, 2.05) is 18.2 Å². The van der Waals surface area contributed by atoms with Crippen LogP contribution >= 0.6 is 0 Å². The van der Waals surface area contributed by atoms with Crippen molar-refractivity contribution in [2.24, 2.45) is 0 Å². The minimum absolute atomic E-state index is 0.0696. The summed E-state index contributed by atoms with van der Waals surface area (Å²) in [4.78, 5) is 41.8. The summed E-state index contributed by atoms with van der Waals surface area (Å²) in [6.07, 6.45) is 3.75. The Balaban J connectivity index is 1.53. The van der Waals surface area contributed by atoms with Gasteiger partial charge in [-0.1, -0.05) is 12.1 Å². The summed E-state index contributed by atoms with van der Waals surface area (Å²) in [6.45, 7) is 10.8. The molecule has 35 heavy (non-hydrogen) atoms. The highest BCUT2D eigenvalue weighted by Gasteiger charge is 2.38. The molecule has 0 spiro atoms. The fourth-order valence-electron chi connectivity index (χ4n) is 5.18. The van der Waals surface area contributed by atoms with Crippen molar-refractivity contribution >= 4 is 40.9 Å². The average Bonchev–Trinajstić information content (AvgIpc) is 3.24. The molecule has 4 amide bonds. The molecule has 1 saturated heterocycles. The predicted octanol–water partition coefficient (Wildman–Crippen LogP) is 4.49. The second-order valence-electron chi connectivity index (χ2n) is 9.72. The molecule has 3 aliphatic rings. The predicted molar refractivity (Wildman–Crippen MR) is 133 cm³/mol. The summed E-state index contributed by atoms with van der Waals surface area (Å²) in [5.41, 5.74) is 3.98. The second-order valence-corrected chi connectivity index (χ2v) is 9.72. The number of hydrogen-bond donors (Lipinski definition) is 1. The minimum atomic E-state index is -0.810. The van der Waals surface area contributed by atoms with Gasteiger partial charge in [-0.25, -0.2) is 9.69 Å². The van der Waals surface area contributed by atoms with Crippen LogP contribution in [0.3, 0.4) is 0 Å². The highest BCUT2D eigenvalue weighted by Crippen LogP contribution is 2.41. The zero-order valence-corrected chi connectivity index (χ0v) is 20.3. The largest absolute Gasteiger partial charge is 0.454 e. The molecule has 1 N–H and O–H groups in total. The molecular weight excluding hydrogens is 446 g/mol. The van der Waals surface area contributed by atoms with Gasteiger partial charge >= 0.3 is 6.03 Å². The van der Waals surface area contributed by atoms with Crippen molar-refractivity contribution in [2.75, 3.05) is 16.6 Å². The van der Waals surface area contributed by atoms with E-state index in [0.29, 0.717) is 17.1 Å². The summed E-state index contributed by atoms with van der Waals surface area (Å²) >= 11 is 0. The molecule has 0 radical (unpaired) electrons. The Hall–Kier alpha value is -4.07. The molecule has 2 aromatic rings. The molecule has 3 aliphatic heterocycles. The second kappa shape index (κ2) is 8.01. The van der Waals surface area contributed by atoms with Crippen LogP contribution in [0.5, 0.6) is 11.5 Å². The Labute approximate surface area is 203 Å². The summed E-state index contributed by atoms with van der Waals surface area (Å²) in [5, 5.41) is 2.27. The summed E-state index contributed by atoms with van der Waals surface area (Å²) in [6, 6.07) is 10.1. The molecule has 0 bridgehead atoms. The zero-order valence-electron chi connectivity index (χ0n) is 20.3. The van der Waals surface area contributed by atoms with Crippen LogP contribution in [0.15, 0.2) is 48.0 Å². The number of barbiturate groups is 1. The van der Waals surface area contributed by atoms with Crippen LogP contribution < -0.4 is 24.6 Å². The van der Waals surface area contributed by atoms with Gasteiger partial charge < -0.3 is 14.4 Å². The number of carbonyl (C=O) groups excluding carboxylic acids is 3. The van der Waals surface area contributed by atoms with E-state index in [4.69, 9.17) is 9.47 Å². The number of amides is 4. The number of ether oxygens (including phenoxy) is 2. The molecule has 2 aromatic carbocycles. The summed E-state index contributed by atoms with van der Waals surface area (Å²) < 4.78 is 10.7. The number of urea groups is 1. The molecule has 0 saturated carbocycles. The third-order valence-corrected chi connectivity index (χ3v) is 6.44. The fourth-order valence-corrected chi connectivity index (χ4v) is 5.18. The minimum Gasteiger partial charge on any atom is -0.454 e. The average molecular weight is 474 g/mol. The van der Waals surface area contributed by atoms with E-state index in [1.165, 1.54) is 6.08 Å². The fraction of sp³-hybridized carbons (Fsp3) is 0.296. The Kier molecular flexibility index (Phi) is 5.20. The Morgan fingerprint density at radius 3 is 2.51 bits per heavy atom. The van der Waals surface area contributed by atoms with Crippen molar-refractivity contribution in [1.29, 1.82) is 0 Å². The maximum absolute atomic E-state index is 13.3. The molecule has 3 heterocycles. The lowest BCUT2D eigenvalue weighted by molar-refractivity contribution is -0.122. The number of rotatable bonds is 3. The number of anilines is 2. The first-order chi connectivity index (χ1) is 16.6. The van der Waals surface area contributed by atoms with Gasteiger partial charge in [0.25, 0.3) is 11.8 Å². The number of nitrogens with one attached hydrogen (secondary N) is 1. The van der Waals surface area contributed by atoms with E-state index in [0.717, 1.165) is 21.7 Å². The first kappa shape index (κ1) is 22.7. The molecule has 0 unspecified atom stereocenters. The molecule has 8 nitrogen and oxygen atoms in total. The van der Waals surface area contributed by atoms with Crippen LogP contribution in [0.4, 0.5) is 16.2 Å². The van der Waals surface area contributed by atoms with E-state index in [2.05, 4.69) is 50.9 Å². The molecular formula is C27H27N3O5. The van der Waals surface area contributed by atoms with Gasteiger partial charge in [0.1, 0.15) is 5.57 Å². The molecule has 1 fully saturated rings. The van der Waals surface area contributed by atoms with Crippen LogP contribution in [0, 0.1) is 0 Å². The first-order valence-electron chi connectivity index (χ1n) is 11.5. The highest BCUT2D eigenvalue weighted by atomic mass is 16.7. The number of nitrogens with zero attached hydrogens (tertiary/aromatic N) is 2. The van der Waals surface area contributed by atoms with E-state index in [9.17, 15) is 14.4 Å². The number of benzene rings is 2.